The highest BCUT2D eigenvalue weighted by Crippen LogP contribution is 2.39. The summed E-state index contributed by atoms with van der Waals surface area (Å²) >= 11 is 0. The van der Waals surface area contributed by atoms with E-state index in [0.29, 0.717) is 18.3 Å². The van der Waals surface area contributed by atoms with Crippen LogP contribution in [-0.4, -0.2) is 39.3 Å². The first kappa shape index (κ1) is 20.1. The Hall–Kier alpha value is -3.78. The van der Waals surface area contributed by atoms with E-state index < -0.39 is 0 Å². The molecule has 0 spiro atoms. The van der Waals surface area contributed by atoms with Crippen molar-refractivity contribution < 1.29 is 9.47 Å². The third-order valence-corrected chi connectivity index (χ3v) is 5.49. The fourth-order valence-corrected chi connectivity index (χ4v) is 3.57. The third-order valence-electron chi connectivity index (χ3n) is 5.49. The second-order valence-electron chi connectivity index (χ2n) is 7.77. The topological polar surface area (TPSA) is 89.1 Å². The van der Waals surface area contributed by atoms with Gasteiger partial charge < -0.3 is 14.4 Å². The Morgan fingerprint density at radius 1 is 1.03 bits per heavy atom. The average Bonchev–Trinajstić information content (AvgIpc) is 3.52. The van der Waals surface area contributed by atoms with Crippen molar-refractivity contribution in [2.45, 2.75) is 19.1 Å². The van der Waals surface area contributed by atoms with Crippen LogP contribution in [0.3, 0.4) is 0 Å². The number of pyridine rings is 1. The van der Waals surface area contributed by atoms with Crippen LogP contribution in [0.2, 0.25) is 0 Å². The lowest BCUT2D eigenvalue weighted by Gasteiger charge is -2.34. The maximum atomic E-state index is 6.50. The van der Waals surface area contributed by atoms with Crippen molar-refractivity contribution in [3.05, 3.63) is 78.6 Å². The maximum Gasteiger partial charge on any atom is 0.204 e. The first-order valence-electron chi connectivity index (χ1n) is 10.6. The molecule has 0 aliphatic heterocycles. The zero-order valence-corrected chi connectivity index (χ0v) is 17.8. The molecule has 2 aromatic carbocycles. The van der Waals surface area contributed by atoms with Crippen LogP contribution >= 0.6 is 0 Å². The number of hydrogen-bond donors (Lipinski definition) is 1. The number of H-pyrrole nitrogens is 1. The molecule has 1 unspecified atom stereocenters. The van der Waals surface area contributed by atoms with Crippen molar-refractivity contribution in [1.82, 2.24) is 25.6 Å². The van der Waals surface area contributed by atoms with Gasteiger partial charge in [-0.2, -0.15) is 5.21 Å². The molecular formula is C24H24N6O2. The van der Waals surface area contributed by atoms with Crippen LogP contribution in [0.4, 0.5) is 11.4 Å². The number of hydrogen-bond acceptors (Lipinski definition) is 7. The zero-order chi connectivity index (χ0) is 21.8. The van der Waals surface area contributed by atoms with Gasteiger partial charge in [-0.15, -0.1) is 10.2 Å². The predicted molar refractivity (Wildman–Crippen MR) is 120 cm³/mol. The second kappa shape index (κ2) is 9.15. The summed E-state index contributed by atoms with van der Waals surface area (Å²) in [6, 6.07) is 20.0. The molecule has 8 nitrogen and oxygen atoms in total. The van der Waals surface area contributed by atoms with Gasteiger partial charge in [0.15, 0.2) is 6.23 Å². The highest BCUT2D eigenvalue weighted by Gasteiger charge is 2.28. The molecule has 162 valence electrons. The lowest BCUT2D eigenvalue weighted by Crippen LogP contribution is -2.27. The van der Waals surface area contributed by atoms with E-state index in [2.05, 4.69) is 36.6 Å². The number of aromatic amines is 1. The van der Waals surface area contributed by atoms with Crippen molar-refractivity contribution in [2.24, 2.45) is 5.92 Å². The number of ether oxygens (including phenoxy) is 2. The largest absolute Gasteiger partial charge is 0.497 e. The Kier molecular flexibility index (Phi) is 5.76. The van der Waals surface area contributed by atoms with Crippen LogP contribution in [-0.2, 0) is 4.74 Å². The Morgan fingerprint density at radius 2 is 1.78 bits per heavy atom. The van der Waals surface area contributed by atoms with E-state index in [1.807, 2.05) is 60.8 Å². The lowest BCUT2D eigenvalue weighted by atomic mass is 10.1. The molecule has 0 saturated heterocycles. The first-order valence-corrected chi connectivity index (χ1v) is 10.6. The third kappa shape index (κ3) is 4.45. The number of nitrogens with zero attached hydrogens (tertiary/aromatic N) is 5. The van der Waals surface area contributed by atoms with Crippen molar-refractivity contribution in [1.29, 1.82) is 0 Å². The molecule has 1 aliphatic carbocycles. The van der Waals surface area contributed by atoms with Gasteiger partial charge in [0.05, 0.1) is 13.7 Å². The van der Waals surface area contributed by atoms with Crippen LogP contribution in [0, 0.1) is 5.92 Å². The summed E-state index contributed by atoms with van der Waals surface area (Å²) in [5.74, 6) is 1.99. The molecule has 5 rings (SSSR count). The van der Waals surface area contributed by atoms with Crippen molar-refractivity contribution in [3.8, 4) is 17.1 Å². The van der Waals surface area contributed by atoms with E-state index in [9.17, 15) is 0 Å². The molecule has 2 aromatic heterocycles. The molecule has 2 heterocycles. The molecule has 0 bridgehead atoms. The Morgan fingerprint density at radius 3 is 2.38 bits per heavy atom. The summed E-state index contributed by atoms with van der Waals surface area (Å²) in [4.78, 5) is 6.52. The normalized spacial score (nSPS) is 14.2. The number of anilines is 2. The quantitative estimate of drug-likeness (QED) is 0.392. The maximum absolute atomic E-state index is 6.50. The second-order valence-corrected chi connectivity index (χ2v) is 7.77. The number of benzene rings is 2. The number of rotatable bonds is 9. The SMILES string of the molecule is COc1ccc(N(c2ccc(-c3nn[nH]n3)cc2)C(OCC2CC2)c2cccnc2)cc1. The zero-order valence-electron chi connectivity index (χ0n) is 17.8. The van der Waals surface area contributed by atoms with Gasteiger partial charge in [-0.05, 0) is 78.6 Å². The Balaban J connectivity index is 1.55. The molecule has 1 aliphatic rings. The molecule has 0 radical (unpaired) electrons. The summed E-state index contributed by atoms with van der Waals surface area (Å²) in [6.07, 6.45) is 5.76. The minimum atomic E-state index is -0.325. The smallest absolute Gasteiger partial charge is 0.204 e. The van der Waals surface area contributed by atoms with Gasteiger partial charge in [0.1, 0.15) is 5.75 Å². The van der Waals surface area contributed by atoms with Gasteiger partial charge >= 0.3 is 0 Å². The number of methoxy groups -OCH3 is 1. The molecular weight excluding hydrogens is 404 g/mol. The highest BCUT2D eigenvalue weighted by atomic mass is 16.5. The number of tetrazole rings is 1. The van der Waals surface area contributed by atoms with Gasteiger partial charge in [-0.25, -0.2) is 0 Å². The summed E-state index contributed by atoms with van der Waals surface area (Å²) in [7, 11) is 1.67. The van der Waals surface area contributed by atoms with Crippen molar-refractivity contribution in [3.63, 3.8) is 0 Å². The molecule has 1 N–H and O–H groups in total. The van der Waals surface area contributed by atoms with Crippen LogP contribution in [0.15, 0.2) is 73.1 Å². The first-order chi connectivity index (χ1) is 15.8. The van der Waals surface area contributed by atoms with E-state index in [-0.39, 0.29) is 6.23 Å². The van der Waals surface area contributed by atoms with Gasteiger partial charge in [-0.1, -0.05) is 6.07 Å². The molecule has 1 saturated carbocycles. The van der Waals surface area contributed by atoms with Gasteiger partial charge in [-0.3, -0.25) is 4.98 Å². The van der Waals surface area contributed by atoms with E-state index >= 15 is 0 Å². The highest BCUT2D eigenvalue weighted by molar-refractivity contribution is 5.68. The molecule has 4 aromatic rings. The van der Waals surface area contributed by atoms with Gasteiger partial charge in [0, 0.05) is 34.9 Å². The van der Waals surface area contributed by atoms with Crippen molar-refractivity contribution >= 4 is 11.4 Å². The lowest BCUT2D eigenvalue weighted by molar-refractivity contribution is 0.0493. The minimum Gasteiger partial charge on any atom is -0.497 e. The number of aromatic nitrogens is 5. The summed E-state index contributed by atoms with van der Waals surface area (Å²) < 4.78 is 11.9. The molecule has 1 fully saturated rings. The van der Waals surface area contributed by atoms with E-state index in [4.69, 9.17) is 9.47 Å². The fourth-order valence-electron chi connectivity index (χ4n) is 3.57. The van der Waals surface area contributed by atoms with Crippen LogP contribution in [0.5, 0.6) is 5.75 Å². The monoisotopic (exact) mass is 428 g/mol. The van der Waals surface area contributed by atoms with Crippen LogP contribution < -0.4 is 9.64 Å². The van der Waals surface area contributed by atoms with E-state index in [1.165, 1.54) is 12.8 Å². The predicted octanol–water partition coefficient (Wildman–Crippen LogP) is 4.53. The Bertz CT molecular complexity index is 1110. The summed E-state index contributed by atoms with van der Waals surface area (Å²) in [5, 5.41) is 14.3. The minimum absolute atomic E-state index is 0.325. The van der Waals surface area contributed by atoms with E-state index in [1.54, 1.807) is 13.3 Å². The van der Waals surface area contributed by atoms with Crippen LogP contribution in [0.1, 0.15) is 24.6 Å². The Labute approximate surface area is 186 Å². The molecule has 8 heteroatoms. The molecule has 0 amide bonds. The van der Waals surface area contributed by atoms with Crippen molar-refractivity contribution in [2.75, 3.05) is 18.6 Å². The van der Waals surface area contributed by atoms with E-state index in [0.717, 1.165) is 28.3 Å². The standard InChI is InChI=1S/C24H24N6O2/c1-31-22-12-10-21(11-13-22)30(20-8-6-18(7-9-20)23-26-28-29-27-23)24(32-16-17-4-5-17)19-3-2-14-25-15-19/h2-3,6-15,17,24H,4-5,16H2,1H3,(H,26,27,28,29). The van der Waals surface area contributed by atoms with Gasteiger partial charge in [0.25, 0.3) is 0 Å². The fraction of sp³-hybridized carbons (Fsp3) is 0.250. The summed E-state index contributed by atoms with van der Waals surface area (Å²) in [6.45, 7) is 0.715. The summed E-state index contributed by atoms with van der Waals surface area (Å²) in [5.41, 5.74) is 3.84. The van der Waals surface area contributed by atoms with Crippen LogP contribution in [0.25, 0.3) is 11.4 Å². The van der Waals surface area contributed by atoms with Gasteiger partial charge in [0.2, 0.25) is 5.82 Å². The molecule has 32 heavy (non-hydrogen) atoms. The molecule has 1 atom stereocenters. The number of nitrogens with one attached hydrogen (secondary N) is 1. The average molecular weight is 428 g/mol.